The molecule has 1 unspecified atom stereocenters. The van der Waals surface area contributed by atoms with Gasteiger partial charge in [0.15, 0.2) is 0 Å². The van der Waals surface area contributed by atoms with Gasteiger partial charge in [-0.3, -0.25) is 0 Å². The Bertz CT molecular complexity index is 347. The quantitative estimate of drug-likeness (QED) is 0.708. The molecule has 1 heterocycles. The molecule has 0 bridgehead atoms. The molecule has 68 valence electrons. The highest BCUT2D eigenvalue weighted by Gasteiger charge is 2.11. The topological polar surface area (TPSA) is 12.0 Å². The Morgan fingerprint density at radius 2 is 2.08 bits per heavy atom. The molecule has 1 aliphatic heterocycles. The van der Waals surface area contributed by atoms with Gasteiger partial charge in [-0.15, -0.1) is 0 Å². The van der Waals surface area contributed by atoms with Crippen molar-refractivity contribution in [3.63, 3.8) is 0 Å². The van der Waals surface area contributed by atoms with E-state index in [1.54, 1.807) is 0 Å². The standard InChI is InChI=1S/C10H9Cl2N/c11-8-4-3-7(6-9(8)12)10-2-1-5-13-10/h1-4,6,10,13H,5H2. The van der Waals surface area contributed by atoms with Crippen LogP contribution in [0, 0.1) is 0 Å². The minimum atomic E-state index is 0.287. The third kappa shape index (κ3) is 1.88. The lowest BCUT2D eigenvalue weighted by Gasteiger charge is -2.09. The van der Waals surface area contributed by atoms with Crippen molar-refractivity contribution < 1.29 is 0 Å². The van der Waals surface area contributed by atoms with E-state index < -0.39 is 0 Å². The lowest BCUT2D eigenvalue weighted by Crippen LogP contribution is -2.13. The van der Waals surface area contributed by atoms with Crippen LogP contribution < -0.4 is 5.32 Å². The van der Waals surface area contributed by atoms with E-state index in [-0.39, 0.29) is 6.04 Å². The first-order valence-corrected chi connectivity index (χ1v) is 4.88. The summed E-state index contributed by atoms with van der Waals surface area (Å²) in [5.41, 5.74) is 1.16. The summed E-state index contributed by atoms with van der Waals surface area (Å²) in [4.78, 5) is 0. The molecular weight excluding hydrogens is 205 g/mol. The average molecular weight is 214 g/mol. The van der Waals surface area contributed by atoms with Gasteiger partial charge in [-0.1, -0.05) is 41.4 Å². The summed E-state index contributed by atoms with van der Waals surface area (Å²) in [7, 11) is 0. The molecule has 1 N–H and O–H groups in total. The van der Waals surface area contributed by atoms with Crippen LogP contribution in [0.5, 0.6) is 0 Å². The normalized spacial score (nSPS) is 20.9. The van der Waals surface area contributed by atoms with Crippen molar-refractivity contribution in [2.45, 2.75) is 6.04 Å². The second-order valence-corrected chi connectivity index (χ2v) is 3.80. The average Bonchev–Trinajstić information content (AvgIpc) is 2.62. The monoisotopic (exact) mass is 213 g/mol. The fourth-order valence-electron chi connectivity index (χ4n) is 1.40. The predicted octanol–water partition coefficient (Wildman–Crippen LogP) is 3.19. The third-order valence-corrected chi connectivity index (χ3v) is 2.83. The molecule has 0 saturated heterocycles. The van der Waals surface area contributed by atoms with E-state index in [1.807, 2.05) is 18.2 Å². The van der Waals surface area contributed by atoms with Crippen LogP contribution in [-0.4, -0.2) is 6.54 Å². The molecule has 1 aliphatic rings. The Balaban J connectivity index is 2.30. The van der Waals surface area contributed by atoms with E-state index >= 15 is 0 Å². The molecule has 0 fully saturated rings. The number of hydrogen-bond donors (Lipinski definition) is 1. The van der Waals surface area contributed by atoms with Gasteiger partial charge in [0.1, 0.15) is 0 Å². The molecule has 1 aromatic carbocycles. The Hall–Kier alpha value is -0.500. The van der Waals surface area contributed by atoms with Crippen molar-refractivity contribution in [2.75, 3.05) is 6.54 Å². The lowest BCUT2D eigenvalue weighted by molar-refractivity contribution is 0.713. The zero-order chi connectivity index (χ0) is 9.26. The molecule has 1 aromatic rings. The Labute approximate surface area is 87.4 Å². The largest absolute Gasteiger partial charge is 0.303 e. The van der Waals surface area contributed by atoms with Gasteiger partial charge in [-0.05, 0) is 17.7 Å². The van der Waals surface area contributed by atoms with Gasteiger partial charge in [0.25, 0.3) is 0 Å². The minimum Gasteiger partial charge on any atom is -0.303 e. The van der Waals surface area contributed by atoms with Crippen LogP contribution in [-0.2, 0) is 0 Å². The van der Waals surface area contributed by atoms with Crippen LogP contribution >= 0.6 is 23.2 Å². The summed E-state index contributed by atoms with van der Waals surface area (Å²) >= 11 is 11.7. The summed E-state index contributed by atoms with van der Waals surface area (Å²) in [6.45, 7) is 0.922. The van der Waals surface area contributed by atoms with E-state index in [2.05, 4.69) is 17.5 Å². The maximum atomic E-state index is 5.91. The molecule has 0 amide bonds. The summed E-state index contributed by atoms with van der Waals surface area (Å²) < 4.78 is 0. The van der Waals surface area contributed by atoms with Gasteiger partial charge < -0.3 is 5.32 Å². The van der Waals surface area contributed by atoms with Crippen LogP contribution in [0.1, 0.15) is 11.6 Å². The van der Waals surface area contributed by atoms with Crippen molar-refractivity contribution in [2.24, 2.45) is 0 Å². The Morgan fingerprint density at radius 3 is 2.69 bits per heavy atom. The van der Waals surface area contributed by atoms with Gasteiger partial charge >= 0.3 is 0 Å². The Kier molecular flexibility index (Phi) is 2.58. The molecule has 0 aromatic heterocycles. The smallest absolute Gasteiger partial charge is 0.0595 e. The van der Waals surface area contributed by atoms with Gasteiger partial charge in [0.2, 0.25) is 0 Å². The molecule has 1 atom stereocenters. The number of rotatable bonds is 1. The van der Waals surface area contributed by atoms with E-state index in [0.717, 1.165) is 12.1 Å². The summed E-state index contributed by atoms with van der Waals surface area (Å²) in [5, 5.41) is 4.52. The zero-order valence-corrected chi connectivity index (χ0v) is 8.44. The first-order valence-electron chi connectivity index (χ1n) is 4.12. The third-order valence-electron chi connectivity index (χ3n) is 2.09. The van der Waals surface area contributed by atoms with Crippen LogP contribution in [0.2, 0.25) is 10.0 Å². The minimum absolute atomic E-state index is 0.287. The van der Waals surface area contributed by atoms with E-state index in [0.29, 0.717) is 10.0 Å². The second-order valence-electron chi connectivity index (χ2n) is 2.99. The highest BCUT2D eigenvalue weighted by Crippen LogP contribution is 2.26. The molecule has 0 aliphatic carbocycles. The van der Waals surface area contributed by atoms with E-state index in [4.69, 9.17) is 23.2 Å². The van der Waals surface area contributed by atoms with Gasteiger partial charge in [-0.25, -0.2) is 0 Å². The van der Waals surface area contributed by atoms with Gasteiger partial charge in [0.05, 0.1) is 16.1 Å². The molecule has 2 rings (SSSR count). The van der Waals surface area contributed by atoms with Crippen molar-refractivity contribution in [1.82, 2.24) is 5.32 Å². The van der Waals surface area contributed by atoms with E-state index in [9.17, 15) is 0 Å². The summed E-state index contributed by atoms with van der Waals surface area (Å²) in [6.07, 6.45) is 4.23. The van der Waals surface area contributed by atoms with Crippen LogP contribution in [0.15, 0.2) is 30.4 Å². The number of benzene rings is 1. The van der Waals surface area contributed by atoms with Gasteiger partial charge in [-0.2, -0.15) is 0 Å². The maximum absolute atomic E-state index is 5.91. The van der Waals surface area contributed by atoms with Crippen molar-refractivity contribution in [1.29, 1.82) is 0 Å². The molecule has 0 spiro atoms. The van der Waals surface area contributed by atoms with E-state index in [1.165, 1.54) is 0 Å². The lowest BCUT2D eigenvalue weighted by atomic mass is 10.1. The fourth-order valence-corrected chi connectivity index (χ4v) is 1.71. The molecule has 0 saturated carbocycles. The first kappa shape index (κ1) is 9.07. The van der Waals surface area contributed by atoms with Crippen LogP contribution in [0.4, 0.5) is 0 Å². The predicted molar refractivity (Wildman–Crippen MR) is 56.3 cm³/mol. The highest BCUT2D eigenvalue weighted by molar-refractivity contribution is 6.42. The molecule has 13 heavy (non-hydrogen) atoms. The maximum Gasteiger partial charge on any atom is 0.0595 e. The summed E-state index contributed by atoms with van der Waals surface area (Å²) in [6, 6.07) is 6.00. The SMILES string of the molecule is Clc1ccc(C2C=CCN2)cc1Cl. The van der Waals surface area contributed by atoms with Crippen LogP contribution in [0.25, 0.3) is 0 Å². The molecule has 0 radical (unpaired) electrons. The first-order chi connectivity index (χ1) is 6.27. The second kappa shape index (κ2) is 3.70. The van der Waals surface area contributed by atoms with Gasteiger partial charge in [0, 0.05) is 6.54 Å². The molecule has 1 nitrogen and oxygen atoms in total. The van der Waals surface area contributed by atoms with Crippen LogP contribution in [0.3, 0.4) is 0 Å². The summed E-state index contributed by atoms with van der Waals surface area (Å²) in [5.74, 6) is 0. The molecule has 3 heteroatoms. The number of hydrogen-bond acceptors (Lipinski definition) is 1. The Morgan fingerprint density at radius 1 is 1.23 bits per heavy atom. The number of nitrogens with one attached hydrogen (secondary N) is 1. The van der Waals surface area contributed by atoms with Crippen molar-refractivity contribution >= 4 is 23.2 Å². The fraction of sp³-hybridized carbons (Fsp3) is 0.200. The molecular formula is C10H9Cl2N. The zero-order valence-electron chi connectivity index (χ0n) is 6.93. The van der Waals surface area contributed by atoms with Crippen molar-refractivity contribution in [3.8, 4) is 0 Å². The van der Waals surface area contributed by atoms with Crippen molar-refractivity contribution in [3.05, 3.63) is 46.0 Å². The highest BCUT2D eigenvalue weighted by atomic mass is 35.5. The number of halogens is 2.